The Morgan fingerprint density at radius 3 is 2.61 bits per heavy atom. The fraction of sp³-hybridized carbons (Fsp3) is 0.300. The first-order valence-electron chi connectivity index (χ1n) is 9.46. The molecule has 1 aliphatic rings. The average molecular weight is 392 g/mol. The summed E-state index contributed by atoms with van der Waals surface area (Å²) >= 11 is 1.72. The lowest BCUT2D eigenvalue weighted by molar-refractivity contribution is 0.770. The molecule has 0 saturated carbocycles. The lowest BCUT2D eigenvalue weighted by Gasteiger charge is -2.24. The van der Waals surface area contributed by atoms with E-state index < -0.39 is 0 Å². The van der Waals surface area contributed by atoms with Gasteiger partial charge < -0.3 is 9.80 Å². The second kappa shape index (κ2) is 7.20. The second-order valence-electron chi connectivity index (χ2n) is 6.94. The van der Waals surface area contributed by atoms with E-state index in [9.17, 15) is 0 Å². The Morgan fingerprint density at radius 2 is 1.79 bits per heavy atom. The fourth-order valence-corrected chi connectivity index (χ4v) is 4.46. The first kappa shape index (κ1) is 17.1. The maximum absolute atomic E-state index is 4.69. The maximum atomic E-state index is 4.69. The Hall–Kier alpha value is -3.00. The highest BCUT2D eigenvalue weighted by Crippen LogP contribution is 2.26. The molecule has 7 nitrogen and oxygen atoms in total. The maximum Gasteiger partial charge on any atom is 0.254 e. The van der Waals surface area contributed by atoms with Gasteiger partial charge in [-0.1, -0.05) is 30.3 Å². The van der Waals surface area contributed by atoms with Crippen LogP contribution >= 0.6 is 11.3 Å². The monoisotopic (exact) mass is 391 g/mol. The number of thiazole rings is 1. The van der Waals surface area contributed by atoms with Crippen LogP contribution < -0.4 is 9.80 Å². The van der Waals surface area contributed by atoms with Gasteiger partial charge in [0.1, 0.15) is 12.1 Å². The van der Waals surface area contributed by atoms with E-state index >= 15 is 0 Å². The molecular weight excluding hydrogens is 370 g/mol. The Morgan fingerprint density at radius 1 is 0.964 bits per heavy atom. The largest absolute Gasteiger partial charge is 0.355 e. The first-order valence-corrected chi connectivity index (χ1v) is 10.3. The van der Waals surface area contributed by atoms with Gasteiger partial charge in [-0.15, -0.1) is 11.3 Å². The molecule has 1 aromatic carbocycles. The summed E-state index contributed by atoms with van der Waals surface area (Å²) in [5.74, 6) is 1.67. The van der Waals surface area contributed by atoms with Crippen LogP contribution in [-0.2, 0) is 0 Å². The van der Waals surface area contributed by atoms with Gasteiger partial charge in [0.15, 0.2) is 5.13 Å². The smallest absolute Gasteiger partial charge is 0.254 e. The van der Waals surface area contributed by atoms with E-state index in [1.165, 1.54) is 0 Å². The van der Waals surface area contributed by atoms with Crippen molar-refractivity contribution in [1.29, 1.82) is 0 Å². The van der Waals surface area contributed by atoms with E-state index in [4.69, 9.17) is 4.98 Å². The average Bonchev–Trinajstić information content (AvgIpc) is 3.31. The van der Waals surface area contributed by atoms with E-state index in [2.05, 4.69) is 48.4 Å². The molecule has 5 rings (SSSR count). The van der Waals surface area contributed by atoms with E-state index in [1.54, 1.807) is 17.7 Å². The number of nitrogens with zero attached hydrogens (tertiary/aromatic N) is 7. The summed E-state index contributed by atoms with van der Waals surface area (Å²) in [7, 11) is 0. The zero-order valence-electron chi connectivity index (χ0n) is 15.7. The molecule has 4 heterocycles. The number of aryl methyl sites for hydroxylation is 1. The highest BCUT2D eigenvalue weighted by Gasteiger charge is 2.20. The fourth-order valence-electron chi connectivity index (χ4n) is 3.60. The minimum atomic E-state index is 0.632. The first-order chi connectivity index (χ1) is 13.8. The molecule has 0 spiro atoms. The third-order valence-corrected chi connectivity index (χ3v) is 6.02. The predicted octanol–water partition coefficient (Wildman–Crippen LogP) is 3.27. The summed E-state index contributed by atoms with van der Waals surface area (Å²) in [5, 5.41) is 7.65. The predicted molar refractivity (Wildman–Crippen MR) is 112 cm³/mol. The second-order valence-corrected chi connectivity index (χ2v) is 7.77. The summed E-state index contributed by atoms with van der Waals surface area (Å²) < 4.78 is 1.84. The molecule has 0 bridgehead atoms. The minimum absolute atomic E-state index is 0.632. The van der Waals surface area contributed by atoms with Crippen LogP contribution in [0.3, 0.4) is 0 Å². The van der Waals surface area contributed by atoms with Crippen molar-refractivity contribution in [3.63, 3.8) is 0 Å². The molecule has 0 aliphatic carbocycles. The van der Waals surface area contributed by atoms with Crippen molar-refractivity contribution in [3.05, 3.63) is 53.8 Å². The SMILES string of the molecule is Cc1csc(N2CCCN(c3cc(-c4ccccc4)nc4ncnn34)CC2)n1. The van der Waals surface area contributed by atoms with Crippen molar-refractivity contribution in [2.24, 2.45) is 0 Å². The van der Waals surface area contributed by atoms with E-state index in [0.717, 1.165) is 60.5 Å². The van der Waals surface area contributed by atoms with Gasteiger partial charge in [-0.05, 0) is 13.3 Å². The number of benzene rings is 1. The van der Waals surface area contributed by atoms with E-state index in [-0.39, 0.29) is 0 Å². The number of fused-ring (bicyclic) bond motifs is 1. The topological polar surface area (TPSA) is 62.5 Å². The van der Waals surface area contributed by atoms with Crippen LogP contribution in [0.5, 0.6) is 0 Å². The number of anilines is 2. The van der Waals surface area contributed by atoms with Crippen molar-refractivity contribution < 1.29 is 0 Å². The Balaban J connectivity index is 1.47. The number of rotatable bonds is 3. The lowest BCUT2D eigenvalue weighted by Crippen LogP contribution is -2.32. The minimum Gasteiger partial charge on any atom is -0.355 e. The summed E-state index contributed by atoms with van der Waals surface area (Å²) in [4.78, 5) is 18.5. The number of aromatic nitrogens is 5. The standard InChI is InChI=1S/C20H21N7S/c1-15-13-28-20(23-15)26-9-5-8-25(10-11-26)18-12-17(16-6-3-2-4-7-16)24-19-21-14-22-27(18)19/h2-4,6-7,12-14H,5,8-11H2,1H3. The molecule has 0 radical (unpaired) electrons. The molecule has 8 heteroatoms. The molecule has 4 aromatic rings. The molecule has 0 N–H and O–H groups in total. The van der Waals surface area contributed by atoms with Crippen LogP contribution in [-0.4, -0.2) is 50.7 Å². The highest BCUT2D eigenvalue weighted by molar-refractivity contribution is 7.13. The zero-order valence-corrected chi connectivity index (χ0v) is 16.5. The normalized spacial score (nSPS) is 15.2. The van der Waals surface area contributed by atoms with Crippen molar-refractivity contribution in [3.8, 4) is 11.3 Å². The highest BCUT2D eigenvalue weighted by atomic mass is 32.1. The molecule has 0 amide bonds. The van der Waals surface area contributed by atoms with E-state index in [1.807, 2.05) is 29.6 Å². The Bertz CT molecular complexity index is 1090. The Labute approximate surface area is 167 Å². The van der Waals surface area contributed by atoms with Crippen molar-refractivity contribution in [2.45, 2.75) is 13.3 Å². The van der Waals surface area contributed by atoms with Gasteiger partial charge in [0.2, 0.25) is 0 Å². The third kappa shape index (κ3) is 3.20. The van der Waals surface area contributed by atoms with Crippen LogP contribution in [0.4, 0.5) is 10.9 Å². The molecule has 1 aliphatic heterocycles. The Kier molecular flexibility index (Phi) is 4.40. The summed E-state index contributed by atoms with van der Waals surface area (Å²) in [6.45, 7) is 5.88. The van der Waals surface area contributed by atoms with Crippen molar-refractivity contribution in [1.82, 2.24) is 24.6 Å². The molecule has 3 aromatic heterocycles. The quantitative estimate of drug-likeness (QED) is 0.534. The summed E-state index contributed by atoms with van der Waals surface area (Å²) in [6.07, 6.45) is 2.64. The molecule has 1 saturated heterocycles. The van der Waals surface area contributed by atoms with Crippen LogP contribution in [0.15, 0.2) is 48.1 Å². The molecular formula is C20H21N7S. The van der Waals surface area contributed by atoms with Gasteiger partial charge in [0.25, 0.3) is 5.78 Å². The summed E-state index contributed by atoms with van der Waals surface area (Å²) in [6, 6.07) is 12.4. The van der Waals surface area contributed by atoms with Crippen LogP contribution in [0.25, 0.3) is 17.0 Å². The van der Waals surface area contributed by atoms with Gasteiger partial charge in [-0.3, -0.25) is 0 Å². The molecule has 1 fully saturated rings. The molecule has 28 heavy (non-hydrogen) atoms. The van der Waals surface area contributed by atoms with E-state index in [0.29, 0.717) is 5.78 Å². The lowest BCUT2D eigenvalue weighted by atomic mass is 10.1. The van der Waals surface area contributed by atoms with Gasteiger partial charge in [0.05, 0.1) is 11.4 Å². The van der Waals surface area contributed by atoms with Crippen molar-refractivity contribution >= 4 is 28.1 Å². The number of hydrogen-bond acceptors (Lipinski definition) is 7. The third-order valence-electron chi connectivity index (χ3n) is 5.00. The number of hydrogen-bond donors (Lipinski definition) is 0. The molecule has 0 atom stereocenters. The van der Waals surface area contributed by atoms with Gasteiger partial charge in [-0.25, -0.2) is 9.97 Å². The van der Waals surface area contributed by atoms with Gasteiger partial charge in [-0.2, -0.15) is 14.6 Å². The molecule has 0 unspecified atom stereocenters. The summed E-state index contributed by atoms with van der Waals surface area (Å²) in [5.41, 5.74) is 3.10. The van der Waals surface area contributed by atoms with Gasteiger partial charge >= 0.3 is 0 Å². The van der Waals surface area contributed by atoms with Gasteiger partial charge in [0, 0.05) is 43.2 Å². The van der Waals surface area contributed by atoms with Crippen LogP contribution in [0.2, 0.25) is 0 Å². The zero-order chi connectivity index (χ0) is 18.9. The van der Waals surface area contributed by atoms with Crippen LogP contribution in [0, 0.1) is 6.92 Å². The molecule has 142 valence electrons. The van der Waals surface area contributed by atoms with Crippen LogP contribution in [0.1, 0.15) is 12.1 Å². The van der Waals surface area contributed by atoms with Crippen molar-refractivity contribution in [2.75, 3.05) is 36.0 Å².